The average Bonchev–Trinajstić information content (AvgIpc) is 1.82. The Balaban J connectivity index is 2.51. The van der Waals surface area contributed by atoms with Crippen molar-refractivity contribution in [3.8, 4) is 0 Å². The Morgan fingerprint density at radius 1 is 1.58 bits per heavy atom. The summed E-state index contributed by atoms with van der Waals surface area (Å²) in [6, 6.07) is 0. The summed E-state index contributed by atoms with van der Waals surface area (Å²) in [6.07, 6.45) is 2.19. The highest BCUT2D eigenvalue weighted by Crippen LogP contribution is 2.28. The maximum Gasteiger partial charge on any atom is 0.138 e. The largest absolute Gasteiger partial charge is 0.374 e. The molecule has 0 saturated carbocycles. The second kappa shape index (κ2) is 3.56. The zero-order chi connectivity index (χ0) is 9.19. The lowest BCUT2D eigenvalue weighted by Gasteiger charge is -2.34. The number of ketones is 1. The number of hydrogen-bond acceptors (Lipinski definition) is 2. The van der Waals surface area contributed by atoms with E-state index in [2.05, 4.69) is 13.8 Å². The molecule has 2 heteroatoms. The van der Waals surface area contributed by atoms with Crippen LogP contribution in [0.4, 0.5) is 0 Å². The molecule has 1 heterocycles. The van der Waals surface area contributed by atoms with E-state index < -0.39 is 0 Å². The summed E-state index contributed by atoms with van der Waals surface area (Å²) in [7, 11) is 0. The molecular weight excluding hydrogens is 152 g/mol. The maximum atomic E-state index is 11.2. The fourth-order valence-electron chi connectivity index (χ4n) is 1.96. The van der Waals surface area contributed by atoms with Crippen molar-refractivity contribution in [2.24, 2.45) is 5.92 Å². The number of rotatable bonds is 2. The maximum absolute atomic E-state index is 11.2. The fraction of sp³-hybridized carbons (Fsp3) is 0.900. The lowest BCUT2D eigenvalue weighted by molar-refractivity contribution is -0.139. The van der Waals surface area contributed by atoms with Gasteiger partial charge in [-0.2, -0.15) is 0 Å². The van der Waals surface area contributed by atoms with Gasteiger partial charge in [0.2, 0.25) is 0 Å². The molecule has 0 aromatic rings. The van der Waals surface area contributed by atoms with E-state index in [1.54, 1.807) is 0 Å². The van der Waals surface area contributed by atoms with Crippen molar-refractivity contribution in [3.63, 3.8) is 0 Å². The molecule has 70 valence electrons. The number of carbonyl (C=O) groups excluding carboxylic acids is 1. The van der Waals surface area contributed by atoms with Crippen LogP contribution in [0.3, 0.4) is 0 Å². The van der Waals surface area contributed by atoms with Gasteiger partial charge >= 0.3 is 0 Å². The summed E-state index contributed by atoms with van der Waals surface area (Å²) in [4.78, 5) is 11.2. The molecule has 0 aromatic heterocycles. The smallest absolute Gasteiger partial charge is 0.138 e. The van der Waals surface area contributed by atoms with Gasteiger partial charge in [0.05, 0.1) is 12.2 Å². The molecule has 0 aromatic carbocycles. The fourth-order valence-corrected chi connectivity index (χ4v) is 1.96. The lowest BCUT2D eigenvalue weighted by Crippen LogP contribution is -2.38. The van der Waals surface area contributed by atoms with E-state index in [1.807, 2.05) is 6.92 Å². The Labute approximate surface area is 74.3 Å². The standard InChI is InChI=1S/C10H18O2/c1-8(2)6-10(3)7-9(11)4-5-12-10/h8H,4-7H2,1-3H3. The first-order valence-corrected chi connectivity index (χ1v) is 4.67. The first-order chi connectivity index (χ1) is 5.52. The van der Waals surface area contributed by atoms with Gasteiger partial charge < -0.3 is 4.74 Å². The Hall–Kier alpha value is -0.370. The van der Waals surface area contributed by atoms with Crippen molar-refractivity contribution in [2.75, 3.05) is 6.61 Å². The lowest BCUT2D eigenvalue weighted by atomic mass is 9.87. The minimum Gasteiger partial charge on any atom is -0.374 e. The molecule has 1 atom stereocenters. The van der Waals surface area contributed by atoms with Crippen LogP contribution in [0.25, 0.3) is 0 Å². The van der Waals surface area contributed by atoms with Gasteiger partial charge in [0, 0.05) is 12.8 Å². The highest BCUT2D eigenvalue weighted by Gasteiger charge is 2.32. The monoisotopic (exact) mass is 170 g/mol. The SMILES string of the molecule is CC(C)CC1(C)CC(=O)CCO1. The number of Topliss-reactive ketones (excluding diaryl/α,β-unsaturated/α-hetero) is 1. The second-order valence-electron chi connectivity index (χ2n) is 4.36. The topological polar surface area (TPSA) is 26.3 Å². The van der Waals surface area contributed by atoms with Crippen LogP contribution in [0.1, 0.15) is 40.0 Å². The summed E-state index contributed by atoms with van der Waals surface area (Å²) >= 11 is 0. The Bertz CT molecular complexity index is 175. The van der Waals surface area contributed by atoms with Crippen LogP contribution in [0, 0.1) is 5.92 Å². The molecular formula is C10H18O2. The molecule has 12 heavy (non-hydrogen) atoms. The highest BCUT2D eigenvalue weighted by molar-refractivity contribution is 5.80. The molecule has 2 nitrogen and oxygen atoms in total. The third kappa shape index (κ3) is 2.59. The predicted octanol–water partition coefficient (Wildman–Crippen LogP) is 2.17. The van der Waals surface area contributed by atoms with E-state index in [1.165, 1.54) is 0 Å². The van der Waals surface area contributed by atoms with Crippen LogP contribution in [0.2, 0.25) is 0 Å². The van der Waals surface area contributed by atoms with Crippen LogP contribution in [0.5, 0.6) is 0 Å². The molecule has 0 spiro atoms. The molecule has 0 N–H and O–H groups in total. The van der Waals surface area contributed by atoms with Crippen molar-refractivity contribution in [1.82, 2.24) is 0 Å². The Morgan fingerprint density at radius 2 is 2.25 bits per heavy atom. The van der Waals surface area contributed by atoms with Crippen LogP contribution in [-0.4, -0.2) is 18.0 Å². The Morgan fingerprint density at radius 3 is 2.75 bits per heavy atom. The number of carbonyl (C=O) groups is 1. The molecule has 0 amide bonds. The van der Waals surface area contributed by atoms with Gasteiger partial charge in [0.1, 0.15) is 5.78 Å². The van der Waals surface area contributed by atoms with E-state index in [9.17, 15) is 4.79 Å². The summed E-state index contributed by atoms with van der Waals surface area (Å²) in [5, 5.41) is 0. The molecule has 1 fully saturated rings. The molecule has 1 unspecified atom stereocenters. The van der Waals surface area contributed by atoms with E-state index in [-0.39, 0.29) is 5.60 Å². The van der Waals surface area contributed by atoms with E-state index in [0.29, 0.717) is 31.1 Å². The quantitative estimate of drug-likeness (QED) is 0.635. The molecule has 0 aliphatic carbocycles. The molecule has 1 rings (SSSR count). The van der Waals surface area contributed by atoms with Crippen molar-refractivity contribution >= 4 is 5.78 Å². The second-order valence-corrected chi connectivity index (χ2v) is 4.36. The highest BCUT2D eigenvalue weighted by atomic mass is 16.5. The Kier molecular flexibility index (Phi) is 2.89. The van der Waals surface area contributed by atoms with Gasteiger partial charge in [0.15, 0.2) is 0 Å². The van der Waals surface area contributed by atoms with E-state index in [0.717, 1.165) is 6.42 Å². The first kappa shape index (κ1) is 9.72. The van der Waals surface area contributed by atoms with Crippen LogP contribution in [-0.2, 0) is 9.53 Å². The van der Waals surface area contributed by atoms with Gasteiger partial charge in [-0.25, -0.2) is 0 Å². The molecule has 1 aliphatic heterocycles. The first-order valence-electron chi connectivity index (χ1n) is 4.67. The van der Waals surface area contributed by atoms with Crippen molar-refractivity contribution in [2.45, 2.75) is 45.6 Å². The molecule has 1 saturated heterocycles. The van der Waals surface area contributed by atoms with E-state index >= 15 is 0 Å². The zero-order valence-electron chi connectivity index (χ0n) is 8.22. The van der Waals surface area contributed by atoms with Crippen molar-refractivity contribution in [3.05, 3.63) is 0 Å². The van der Waals surface area contributed by atoms with Crippen LogP contribution >= 0.6 is 0 Å². The zero-order valence-corrected chi connectivity index (χ0v) is 8.22. The summed E-state index contributed by atoms with van der Waals surface area (Å²) in [5.41, 5.74) is -0.177. The van der Waals surface area contributed by atoms with Crippen LogP contribution in [0.15, 0.2) is 0 Å². The van der Waals surface area contributed by atoms with E-state index in [4.69, 9.17) is 4.74 Å². The molecule has 0 radical (unpaired) electrons. The average molecular weight is 170 g/mol. The van der Waals surface area contributed by atoms with Crippen LogP contribution < -0.4 is 0 Å². The van der Waals surface area contributed by atoms with Gasteiger partial charge in [-0.05, 0) is 19.3 Å². The number of ether oxygens (including phenoxy) is 1. The van der Waals surface area contributed by atoms with Gasteiger partial charge in [-0.3, -0.25) is 4.79 Å². The van der Waals surface area contributed by atoms with Gasteiger partial charge in [-0.1, -0.05) is 13.8 Å². The summed E-state index contributed by atoms with van der Waals surface area (Å²) in [6.45, 7) is 6.98. The van der Waals surface area contributed by atoms with Crippen molar-refractivity contribution in [1.29, 1.82) is 0 Å². The predicted molar refractivity (Wildman–Crippen MR) is 48.1 cm³/mol. The van der Waals surface area contributed by atoms with Gasteiger partial charge in [0.25, 0.3) is 0 Å². The summed E-state index contributed by atoms with van der Waals surface area (Å²) < 4.78 is 5.63. The third-order valence-electron chi connectivity index (χ3n) is 2.24. The van der Waals surface area contributed by atoms with Crippen molar-refractivity contribution < 1.29 is 9.53 Å². The molecule has 1 aliphatic rings. The van der Waals surface area contributed by atoms with Gasteiger partial charge in [-0.15, -0.1) is 0 Å². The summed E-state index contributed by atoms with van der Waals surface area (Å²) in [5.74, 6) is 0.949. The normalized spacial score (nSPS) is 31.2. The number of hydrogen-bond donors (Lipinski definition) is 0. The minimum absolute atomic E-state index is 0.177. The molecule has 0 bridgehead atoms. The third-order valence-corrected chi connectivity index (χ3v) is 2.24. The minimum atomic E-state index is -0.177.